The number of alkyl halides is 1. The second-order valence-corrected chi connectivity index (χ2v) is 6.59. The lowest BCUT2D eigenvalue weighted by atomic mass is 10.0. The van der Waals surface area contributed by atoms with Crippen molar-refractivity contribution in [2.75, 3.05) is 18.4 Å². The summed E-state index contributed by atoms with van der Waals surface area (Å²) in [6.45, 7) is 1.10. The van der Waals surface area contributed by atoms with Crippen molar-refractivity contribution < 1.29 is 4.39 Å². The third kappa shape index (κ3) is 3.41. The van der Waals surface area contributed by atoms with Gasteiger partial charge in [-0.3, -0.25) is 4.98 Å². The molecule has 0 bridgehead atoms. The van der Waals surface area contributed by atoms with E-state index in [2.05, 4.69) is 25.8 Å². The van der Waals surface area contributed by atoms with Gasteiger partial charge >= 0.3 is 0 Å². The summed E-state index contributed by atoms with van der Waals surface area (Å²) in [5.41, 5.74) is 1.70. The lowest BCUT2D eigenvalue weighted by Gasteiger charge is -2.27. The highest BCUT2D eigenvalue weighted by Crippen LogP contribution is 2.30. The Bertz CT molecular complexity index is 886. The van der Waals surface area contributed by atoms with Gasteiger partial charge in [0.2, 0.25) is 0 Å². The molecule has 1 aliphatic heterocycles. The molecule has 5 nitrogen and oxygen atoms in total. The van der Waals surface area contributed by atoms with Gasteiger partial charge in [0.15, 0.2) is 5.82 Å². The second kappa shape index (κ2) is 6.90. The van der Waals surface area contributed by atoms with E-state index in [1.54, 1.807) is 12.4 Å². The molecule has 2 N–H and O–H groups in total. The maximum atomic E-state index is 13.6. The zero-order valence-corrected chi connectivity index (χ0v) is 14.2. The van der Waals surface area contributed by atoms with Crippen molar-refractivity contribution >= 4 is 28.2 Å². The molecule has 7 heteroatoms. The van der Waals surface area contributed by atoms with Gasteiger partial charge in [-0.2, -0.15) is 0 Å². The summed E-state index contributed by atoms with van der Waals surface area (Å²) in [6, 6.07) is 9.37. The molecule has 0 unspecified atom stereocenters. The fourth-order valence-corrected chi connectivity index (χ4v) is 3.24. The van der Waals surface area contributed by atoms with E-state index in [1.807, 2.05) is 30.3 Å². The molecule has 3 aromatic rings. The Hall–Kier alpha value is -2.31. The Kier molecular flexibility index (Phi) is 4.46. The first kappa shape index (κ1) is 16.2. The van der Waals surface area contributed by atoms with Gasteiger partial charge < -0.3 is 10.6 Å². The minimum Gasteiger partial charge on any atom is -0.364 e. The number of hydrogen-bond donors (Lipinski definition) is 2. The molecular weight excluding hydrogens is 341 g/mol. The molecule has 2 aromatic heterocycles. The number of pyridine rings is 1. The molecule has 1 aliphatic rings. The quantitative estimate of drug-likeness (QED) is 0.751. The van der Waals surface area contributed by atoms with Crippen LogP contribution in [0.25, 0.3) is 22.0 Å². The maximum Gasteiger partial charge on any atom is 0.158 e. The normalized spacial score (nSPS) is 20.6. The van der Waals surface area contributed by atoms with E-state index in [9.17, 15) is 4.39 Å². The van der Waals surface area contributed by atoms with Gasteiger partial charge in [-0.05, 0) is 18.2 Å². The molecule has 25 heavy (non-hydrogen) atoms. The monoisotopic (exact) mass is 357 g/mol. The SMILES string of the molecule is F[C@H]1CNC[C@H](Nc2nnc(-c3ccc(Cl)cc3)c3ccncc23)C1. The Morgan fingerprint density at radius 2 is 1.92 bits per heavy atom. The summed E-state index contributed by atoms with van der Waals surface area (Å²) in [4.78, 5) is 4.21. The number of nitrogens with zero attached hydrogens (tertiary/aromatic N) is 3. The summed E-state index contributed by atoms with van der Waals surface area (Å²) in [5, 5.41) is 17.6. The number of nitrogens with one attached hydrogen (secondary N) is 2. The summed E-state index contributed by atoms with van der Waals surface area (Å²) < 4.78 is 13.6. The van der Waals surface area contributed by atoms with Crippen LogP contribution < -0.4 is 10.6 Å². The molecular formula is C18H17ClFN5. The second-order valence-electron chi connectivity index (χ2n) is 6.16. The van der Waals surface area contributed by atoms with Gasteiger partial charge in [0.05, 0.1) is 0 Å². The van der Waals surface area contributed by atoms with Gasteiger partial charge in [-0.15, -0.1) is 10.2 Å². The van der Waals surface area contributed by atoms with Crippen molar-refractivity contribution in [2.45, 2.75) is 18.6 Å². The molecule has 4 rings (SSSR count). The first-order valence-electron chi connectivity index (χ1n) is 8.18. The standard InChI is InChI=1S/C18H17ClFN5/c19-12-3-1-11(2-4-12)17-15-5-6-21-10-16(15)18(25-24-17)23-14-7-13(20)8-22-9-14/h1-6,10,13-14,22H,7-9H2,(H,23,25)/t13-,14-/m1/s1. The predicted molar refractivity (Wildman–Crippen MR) is 97.6 cm³/mol. The van der Waals surface area contributed by atoms with Gasteiger partial charge in [0.1, 0.15) is 11.9 Å². The third-order valence-corrected chi connectivity index (χ3v) is 4.59. The molecule has 1 fully saturated rings. The van der Waals surface area contributed by atoms with Gasteiger partial charge in [-0.1, -0.05) is 23.7 Å². The Balaban J connectivity index is 1.73. The van der Waals surface area contributed by atoms with Crippen LogP contribution in [-0.4, -0.2) is 40.5 Å². The first-order chi connectivity index (χ1) is 12.2. The number of fused-ring (bicyclic) bond motifs is 1. The van der Waals surface area contributed by atoms with Crippen LogP contribution in [-0.2, 0) is 0 Å². The number of anilines is 1. The van der Waals surface area contributed by atoms with Crippen molar-refractivity contribution in [1.82, 2.24) is 20.5 Å². The van der Waals surface area contributed by atoms with Crippen molar-refractivity contribution in [1.29, 1.82) is 0 Å². The zero-order chi connectivity index (χ0) is 17.2. The number of halogens is 2. The van der Waals surface area contributed by atoms with Crippen LogP contribution in [0.2, 0.25) is 5.02 Å². The van der Waals surface area contributed by atoms with Crippen LogP contribution in [0.1, 0.15) is 6.42 Å². The summed E-state index contributed by atoms with van der Waals surface area (Å²) >= 11 is 5.97. The van der Waals surface area contributed by atoms with E-state index in [4.69, 9.17) is 11.6 Å². The largest absolute Gasteiger partial charge is 0.364 e. The molecule has 0 spiro atoms. The van der Waals surface area contributed by atoms with Crippen molar-refractivity contribution in [3.63, 3.8) is 0 Å². The average Bonchev–Trinajstić information content (AvgIpc) is 2.63. The van der Waals surface area contributed by atoms with Gasteiger partial charge in [0, 0.05) is 59.3 Å². The summed E-state index contributed by atoms with van der Waals surface area (Å²) in [7, 11) is 0. The Morgan fingerprint density at radius 1 is 1.08 bits per heavy atom. The molecule has 0 radical (unpaired) electrons. The number of aromatic nitrogens is 3. The van der Waals surface area contributed by atoms with Crippen LogP contribution in [0.3, 0.4) is 0 Å². The zero-order valence-electron chi connectivity index (χ0n) is 13.4. The van der Waals surface area contributed by atoms with Gasteiger partial charge in [0.25, 0.3) is 0 Å². The van der Waals surface area contributed by atoms with E-state index in [0.717, 1.165) is 22.0 Å². The number of piperidine rings is 1. The van der Waals surface area contributed by atoms with Crippen molar-refractivity contribution in [2.24, 2.45) is 0 Å². The van der Waals surface area contributed by atoms with E-state index < -0.39 is 6.17 Å². The van der Waals surface area contributed by atoms with Gasteiger partial charge in [-0.25, -0.2) is 4.39 Å². The van der Waals surface area contributed by atoms with Crippen LogP contribution in [0.4, 0.5) is 10.2 Å². The van der Waals surface area contributed by atoms with E-state index in [0.29, 0.717) is 30.4 Å². The highest BCUT2D eigenvalue weighted by atomic mass is 35.5. The third-order valence-electron chi connectivity index (χ3n) is 4.34. The lowest BCUT2D eigenvalue weighted by Crippen LogP contribution is -2.44. The van der Waals surface area contributed by atoms with E-state index >= 15 is 0 Å². The number of benzene rings is 1. The topological polar surface area (TPSA) is 62.7 Å². The minimum absolute atomic E-state index is 0.0251. The van der Waals surface area contributed by atoms with Crippen molar-refractivity contribution in [3.8, 4) is 11.3 Å². The molecule has 3 heterocycles. The maximum absolute atomic E-state index is 13.6. The van der Waals surface area contributed by atoms with Crippen LogP contribution in [0.15, 0.2) is 42.7 Å². The number of rotatable bonds is 3. The lowest BCUT2D eigenvalue weighted by molar-refractivity contribution is 0.255. The molecule has 0 aliphatic carbocycles. The fourth-order valence-electron chi connectivity index (χ4n) is 3.12. The van der Waals surface area contributed by atoms with Crippen LogP contribution in [0.5, 0.6) is 0 Å². The molecule has 0 amide bonds. The Labute approximate surface area is 149 Å². The highest BCUT2D eigenvalue weighted by Gasteiger charge is 2.22. The molecule has 1 saturated heterocycles. The minimum atomic E-state index is -0.850. The van der Waals surface area contributed by atoms with E-state index in [-0.39, 0.29) is 6.04 Å². The van der Waals surface area contributed by atoms with Crippen molar-refractivity contribution in [3.05, 3.63) is 47.7 Å². The molecule has 128 valence electrons. The van der Waals surface area contributed by atoms with E-state index in [1.165, 1.54) is 0 Å². The molecule has 2 atom stereocenters. The van der Waals surface area contributed by atoms with Crippen LogP contribution >= 0.6 is 11.6 Å². The smallest absolute Gasteiger partial charge is 0.158 e. The summed E-state index contributed by atoms with van der Waals surface area (Å²) in [6.07, 6.45) is 3.09. The molecule has 1 aromatic carbocycles. The molecule has 0 saturated carbocycles. The summed E-state index contributed by atoms with van der Waals surface area (Å²) in [5.74, 6) is 0.627. The van der Waals surface area contributed by atoms with Crippen LogP contribution in [0, 0.1) is 0 Å². The fraction of sp³-hybridized carbons (Fsp3) is 0.278. The number of hydrogen-bond acceptors (Lipinski definition) is 5. The first-order valence-corrected chi connectivity index (χ1v) is 8.56. The predicted octanol–water partition coefficient (Wildman–Crippen LogP) is 3.46. The highest BCUT2D eigenvalue weighted by molar-refractivity contribution is 6.30. The average molecular weight is 358 g/mol. The Morgan fingerprint density at radius 3 is 2.72 bits per heavy atom.